The molecule has 7 rings (SSSR count). The summed E-state index contributed by atoms with van der Waals surface area (Å²) >= 11 is 12.7. The van der Waals surface area contributed by atoms with Gasteiger partial charge in [-0.05, 0) is 87.2 Å². The van der Waals surface area contributed by atoms with E-state index >= 15 is 0 Å². The zero-order valence-corrected chi connectivity index (χ0v) is 39.8. The Balaban J connectivity index is 0.000000495. The van der Waals surface area contributed by atoms with Crippen molar-refractivity contribution in [2.45, 2.75) is 97.4 Å². The monoisotopic (exact) mass is 937 g/mol. The van der Waals surface area contributed by atoms with Crippen LogP contribution in [0.5, 0.6) is 0 Å². The molecule has 8 nitrogen and oxygen atoms in total. The standard InChI is InChI=1S/C26H30Cl2NO.C10H8O3S.C7H8.C3H8O3S.2CH4.Ca/c1-5-13-26(4)15-22(19-7-6-8-21(28)14-19)24(18-9-11-20(27)12-10-18)29-23(17(2)3)16-30-25(26)29;11-14(12,13)10-7-3-5-8-4-1-2-6-9(8)10;1-7-5-3-2-4-6-7;1-3(2)7(4,5)6;;;/h5-12,14,17,22-24H,1,13,15-16H2,2-4H3;1-7H,(H,11,12,13);2-6H,1H3;3H,1-2H3,(H,4,5,6);2*1H4;/q+1;;;;;;+2/p-1/t22-,23-,24?,26+;;;;;;/m1....../s1. The smallest absolute Gasteiger partial charge is 0.744 e. The van der Waals surface area contributed by atoms with Crippen LogP contribution in [-0.2, 0) is 25.0 Å². The molecule has 0 amide bonds. The first-order valence-electron chi connectivity index (χ1n) is 19.1. The topological polar surface area (TPSA) is 124 Å². The summed E-state index contributed by atoms with van der Waals surface area (Å²) in [7, 11) is -8.12. The van der Waals surface area contributed by atoms with Crippen molar-refractivity contribution in [3.05, 3.63) is 161 Å². The number of benzene rings is 5. The second kappa shape index (κ2) is 24.9. The van der Waals surface area contributed by atoms with E-state index in [0.29, 0.717) is 17.3 Å². The Hall–Kier alpha value is -2.77. The van der Waals surface area contributed by atoms with Crippen LogP contribution in [0.15, 0.2) is 139 Å². The van der Waals surface area contributed by atoms with Gasteiger partial charge in [-0.1, -0.05) is 155 Å². The fourth-order valence-corrected chi connectivity index (χ4v) is 8.23. The summed E-state index contributed by atoms with van der Waals surface area (Å²) in [5.74, 6) is 1.87. The predicted molar refractivity (Wildman–Crippen MR) is 255 cm³/mol. The summed E-state index contributed by atoms with van der Waals surface area (Å²) in [6.07, 6.45) is 3.88. The van der Waals surface area contributed by atoms with Crippen molar-refractivity contribution in [3.8, 4) is 0 Å². The van der Waals surface area contributed by atoms with Crippen LogP contribution in [0.3, 0.4) is 0 Å². The van der Waals surface area contributed by atoms with Gasteiger partial charge in [0, 0.05) is 21.5 Å². The van der Waals surface area contributed by atoms with Crippen molar-refractivity contribution >= 4 is 97.8 Å². The van der Waals surface area contributed by atoms with Gasteiger partial charge in [0.1, 0.15) is 10.1 Å². The van der Waals surface area contributed by atoms with Gasteiger partial charge in [0.2, 0.25) is 0 Å². The third-order valence-corrected chi connectivity index (χ3v) is 12.8. The molecule has 326 valence electrons. The maximum Gasteiger partial charge on any atom is 2.00 e. The number of fused-ring (bicyclic) bond motifs is 1. The van der Waals surface area contributed by atoms with Crippen molar-refractivity contribution in [2.24, 2.45) is 11.3 Å². The van der Waals surface area contributed by atoms with Crippen LogP contribution < -0.4 is 0 Å². The van der Waals surface area contributed by atoms with Crippen molar-refractivity contribution in [3.63, 3.8) is 0 Å². The van der Waals surface area contributed by atoms with Crippen molar-refractivity contribution < 1.29 is 35.3 Å². The van der Waals surface area contributed by atoms with Gasteiger partial charge in [-0.15, -0.1) is 6.58 Å². The normalized spacial score (nSPS) is 19.1. The minimum absolute atomic E-state index is 0. The average Bonchev–Trinajstić information content (AvgIpc) is 3.63. The molecular weight excluding hydrogens is 878 g/mol. The molecule has 2 aliphatic heterocycles. The molecule has 0 spiro atoms. The second-order valence-electron chi connectivity index (χ2n) is 15.4. The van der Waals surface area contributed by atoms with Crippen LogP contribution in [0.25, 0.3) is 10.8 Å². The summed E-state index contributed by atoms with van der Waals surface area (Å²) in [6.45, 7) is 16.6. The number of aryl methyl sites for hydroxylation is 1. The third kappa shape index (κ3) is 15.5. The summed E-state index contributed by atoms with van der Waals surface area (Å²) in [5.41, 5.74) is 3.76. The molecule has 5 aromatic rings. The van der Waals surface area contributed by atoms with Crippen LogP contribution in [0.2, 0.25) is 10.0 Å². The number of rotatable bonds is 7. The molecule has 0 radical (unpaired) electrons. The molecule has 5 aromatic carbocycles. The number of hydrogen-bond acceptors (Lipinski definition) is 6. The first-order chi connectivity index (χ1) is 27.3. The maximum atomic E-state index is 10.9. The molecule has 61 heavy (non-hydrogen) atoms. The Morgan fingerprint density at radius 2 is 1.39 bits per heavy atom. The minimum atomic E-state index is -4.38. The Morgan fingerprint density at radius 3 is 1.90 bits per heavy atom. The van der Waals surface area contributed by atoms with Gasteiger partial charge >= 0.3 is 43.6 Å². The summed E-state index contributed by atoms with van der Waals surface area (Å²) in [5, 5.41) is 2.09. The number of allylic oxidation sites excluding steroid dienone is 1. The van der Waals surface area contributed by atoms with Gasteiger partial charge in [-0.25, -0.2) is 8.42 Å². The van der Waals surface area contributed by atoms with E-state index in [-0.39, 0.29) is 74.9 Å². The SMILES string of the molecule is C.C.C=CC[C@@]1(C)C[C@H](c2cccc(Cl)c2)C(c2ccc(Cl)cc2)[N+]2=C1OC[C@@H]2C(C)C.CC(C)S(=O)(=O)O.Cc1ccccc1.O=S(=O)([O-])c1cccc2ccccc12.[Ca+2]. The molecule has 0 saturated heterocycles. The molecule has 13 heteroatoms. The summed E-state index contributed by atoms with van der Waals surface area (Å²) in [4.78, 5) is -0.157. The number of hydrogen-bond donors (Lipinski definition) is 1. The van der Waals surface area contributed by atoms with Crippen LogP contribution >= 0.6 is 23.2 Å². The van der Waals surface area contributed by atoms with Gasteiger partial charge in [0.05, 0.1) is 21.5 Å². The van der Waals surface area contributed by atoms with Crippen LogP contribution in [0.4, 0.5) is 0 Å². The summed E-state index contributed by atoms with van der Waals surface area (Å²) in [6, 6.07) is 38.9. The van der Waals surface area contributed by atoms with Crippen molar-refractivity contribution in [1.29, 1.82) is 0 Å². The Labute approximate surface area is 405 Å². The molecule has 0 bridgehead atoms. The van der Waals surface area contributed by atoms with E-state index in [0.717, 1.165) is 40.8 Å². The van der Waals surface area contributed by atoms with Crippen molar-refractivity contribution in [1.82, 2.24) is 0 Å². The molecule has 2 aliphatic rings. The Kier molecular flexibility index (Phi) is 23.0. The molecular formula is C48H61CaCl2NO7S2+2. The van der Waals surface area contributed by atoms with Gasteiger partial charge in [-0.3, -0.25) is 4.55 Å². The fourth-order valence-electron chi connectivity index (χ4n) is 7.21. The van der Waals surface area contributed by atoms with Crippen LogP contribution in [0, 0.1) is 18.3 Å². The second-order valence-corrected chi connectivity index (χ2v) is 19.6. The van der Waals surface area contributed by atoms with E-state index in [1.807, 2.05) is 42.5 Å². The first kappa shape index (κ1) is 56.2. The first-order valence-corrected chi connectivity index (χ1v) is 22.8. The molecule has 1 N–H and O–H groups in total. The zero-order valence-electron chi connectivity index (χ0n) is 34.5. The van der Waals surface area contributed by atoms with E-state index in [1.165, 1.54) is 36.6 Å². The van der Waals surface area contributed by atoms with Gasteiger partial charge in [0.25, 0.3) is 10.1 Å². The third-order valence-electron chi connectivity index (χ3n) is 10.3. The largest absolute Gasteiger partial charge is 2.00 e. The van der Waals surface area contributed by atoms with E-state index in [9.17, 15) is 21.4 Å². The summed E-state index contributed by atoms with van der Waals surface area (Å²) < 4.78 is 69.5. The molecule has 1 unspecified atom stereocenters. The molecule has 0 fully saturated rings. The van der Waals surface area contributed by atoms with Crippen LogP contribution in [0.1, 0.15) is 91.0 Å². The molecule has 2 heterocycles. The molecule has 0 aliphatic carbocycles. The number of ether oxygens (including phenoxy) is 1. The van der Waals surface area contributed by atoms with Gasteiger partial charge in [-0.2, -0.15) is 13.0 Å². The fraction of sp³-hybridized carbons (Fsp3) is 0.354. The minimum Gasteiger partial charge on any atom is -0.744 e. The predicted octanol–water partition coefficient (Wildman–Crippen LogP) is 12.2. The van der Waals surface area contributed by atoms with E-state index in [4.69, 9.17) is 32.5 Å². The molecule has 0 aromatic heterocycles. The quantitative estimate of drug-likeness (QED) is 0.0746. The Bertz CT molecular complexity index is 2400. The van der Waals surface area contributed by atoms with E-state index < -0.39 is 25.5 Å². The van der Waals surface area contributed by atoms with Crippen LogP contribution in [-0.4, -0.2) is 92.1 Å². The number of nitrogens with zero attached hydrogens (tertiary/aromatic N) is 1. The van der Waals surface area contributed by atoms with E-state index in [2.05, 4.69) is 81.3 Å². The maximum absolute atomic E-state index is 10.9. The molecule has 4 atom stereocenters. The zero-order chi connectivity index (χ0) is 42.8. The Morgan fingerprint density at radius 1 is 0.836 bits per heavy atom. The van der Waals surface area contributed by atoms with Gasteiger partial charge in [0.15, 0.2) is 18.7 Å². The van der Waals surface area contributed by atoms with Gasteiger partial charge < -0.3 is 9.29 Å². The molecule has 0 saturated carbocycles. The van der Waals surface area contributed by atoms with E-state index in [1.54, 1.807) is 36.4 Å². The van der Waals surface area contributed by atoms with Crippen molar-refractivity contribution in [2.75, 3.05) is 6.61 Å². The number of halogens is 2. The average molecular weight is 939 g/mol.